The van der Waals surface area contributed by atoms with Gasteiger partial charge in [-0.2, -0.15) is 5.26 Å². The summed E-state index contributed by atoms with van der Waals surface area (Å²) in [6, 6.07) is 15.8. The van der Waals surface area contributed by atoms with Crippen molar-refractivity contribution < 1.29 is 13.2 Å². The van der Waals surface area contributed by atoms with Gasteiger partial charge in [0.15, 0.2) is 0 Å². The van der Waals surface area contributed by atoms with Crippen LogP contribution in [0.3, 0.4) is 0 Å². The molecule has 10 heteroatoms. The van der Waals surface area contributed by atoms with Gasteiger partial charge in [-0.3, -0.25) is 4.79 Å². The molecule has 0 unspecified atom stereocenters. The normalized spacial score (nSPS) is 11.0. The lowest BCUT2D eigenvalue weighted by Crippen LogP contribution is -2.25. The summed E-state index contributed by atoms with van der Waals surface area (Å²) in [6.07, 6.45) is 0.488. The van der Waals surface area contributed by atoms with E-state index in [2.05, 4.69) is 16.7 Å². The Hall–Kier alpha value is -3.39. The van der Waals surface area contributed by atoms with Crippen molar-refractivity contribution in [1.82, 2.24) is 5.32 Å². The molecule has 0 bridgehead atoms. The summed E-state index contributed by atoms with van der Waals surface area (Å²) < 4.78 is 22.6. The number of rotatable bonds is 7. The van der Waals surface area contributed by atoms with Gasteiger partial charge >= 0.3 is 0 Å². The molecule has 0 aliphatic heterocycles. The maximum atomic E-state index is 12.6. The van der Waals surface area contributed by atoms with Gasteiger partial charge in [-0.05, 0) is 43.2 Å². The third-order valence-electron chi connectivity index (χ3n) is 4.52. The first kappa shape index (κ1) is 22.3. The summed E-state index contributed by atoms with van der Waals surface area (Å²) in [5.74, 6) is -0.378. The van der Waals surface area contributed by atoms with E-state index >= 15 is 0 Å². The predicted octanol–water partition coefficient (Wildman–Crippen LogP) is 2.87. The van der Waals surface area contributed by atoms with Crippen LogP contribution >= 0.6 is 11.3 Å². The highest BCUT2D eigenvalue weighted by molar-refractivity contribution is 7.89. The van der Waals surface area contributed by atoms with E-state index in [1.54, 1.807) is 12.1 Å². The number of carbonyl (C=O) groups is 1. The van der Waals surface area contributed by atoms with Crippen molar-refractivity contribution in [1.29, 1.82) is 5.26 Å². The molecule has 160 valence electrons. The number of aryl methyl sites for hydroxylation is 1. The monoisotopic (exact) mass is 455 g/mol. The van der Waals surface area contributed by atoms with E-state index in [9.17, 15) is 18.5 Å². The Bertz CT molecular complexity index is 1240. The van der Waals surface area contributed by atoms with Crippen LogP contribution in [0.1, 0.15) is 26.4 Å². The van der Waals surface area contributed by atoms with E-state index in [1.165, 1.54) is 12.1 Å². The Labute approximate surface area is 184 Å². The van der Waals surface area contributed by atoms with Crippen LogP contribution in [0.2, 0.25) is 0 Å². The average molecular weight is 456 g/mol. The van der Waals surface area contributed by atoms with Gasteiger partial charge in [-0.1, -0.05) is 29.8 Å². The van der Waals surface area contributed by atoms with Crippen molar-refractivity contribution in [2.45, 2.75) is 18.2 Å². The quantitative estimate of drug-likeness (QED) is 0.430. The van der Waals surface area contributed by atoms with Crippen LogP contribution in [-0.2, 0) is 16.4 Å². The largest absolute Gasteiger partial charge is 0.396 e. The zero-order valence-corrected chi connectivity index (χ0v) is 18.3. The Morgan fingerprint density at radius 2 is 1.77 bits per heavy atom. The molecule has 0 saturated heterocycles. The fraction of sp³-hybridized carbons (Fsp3) is 0.143. The number of nitrogens with zero attached hydrogens (tertiary/aromatic N) is 1. The number of thiophene rings is 1. The number of sulfonamides is 1. The standard InChI is InChI=1S/C21H21N5O3S2/c1-13-2-6-15(7-3-13)26-21-17(12-22)18(23)19(30-21)20(27)25-11-10-14-4-8-16(9-5-14)31(24,28)29/h2-9,26H,10-11,23H2,1H3,(H,25,27)(H2,24,28,29). The number of benzene rings is 2. The fourth-order valence-electron chi connectivity index (χ4n) is 2.83. The summed E-state index contributed by atoms with van der Waals surface area (Å²) in [4.78, 5) is 12.9. The first-order valence-electron chi connectivity index (χ1n) is 9.25. The Kier molecular flexibility index (Phi) is 6.60. The maximum absolute atomic E-state index is 12.6. The van der Waals surface area contributed by atoms with E-state index < -0.39 is 10.0 Å². The number of nitrogen functional groups attached to an aromatic ring is 1. The second kappa shape index (κ2) is 9.18. The predicted molar refractivity (Wildman–Crippen MR) is 122 cm³/mol. The molecule has 6 N–H and O–H groups in total. The molecule has 0 spiro atoms. The second-order valence-corrected chi connectivity index (χ2v) is 9.43. The Morgan fingerprint density at radius 3 is 2.35 bits per heavy atom. The highest BCUT2D eigenvalue weighted by Crippen LogP contribution is 2.37. The molecule has 0 aliphatic rings. The number of nitrogens with two attached hydrogens (primary N) is 2. The van der Waals surface area contributed by atoms with Crippen molar-refractivity contribution in [3.05, 3.63) is 70.1 Å². The molecule has 31 heavy (non-hydrogen) atoms. The number of anilines is 3. The zero-order chi connectivity index (χ0) is 22.6. The fourth-order valence-corrected chi connectivity index (χ4v) is 4.35. The molecule has 0 radical (unpaired) electrons. The highest BCUT2D eigenvalue weighted by Gasteiger charge is 2.21. The van der Waals surface area contributed by atoms with Crippen molar-refractivity contribution in [3.8, 4) is 6.07 Å². The molecule has 2 aromatic carbocycles. The van der Waals surface area contributed by atoms with Crippen LogP contribution in [0.4, 0.5) is 16.4 Å². The Morgan fingerprint density at radius 1 is 1.13 bits per heavy atom. The van der Waals surface area contributed by atoms with Gasteiger partial charge in [0, 0.05) is 12.2 Å². The molecular formula is C21H21N5O3S2. The number of nitrogens with one attached hydrogen (secondary N) is 2. The molecule has 0 fully saturated rings. The van der Waals surface area contributed by atoms with Crippen LogP contribution in [0, 0.1) is 18.3 Å². The van der Waals surface area contributed by atoms with Gasteiger partial charge < -0.3 is 16.4 Å². The molecule has 1 amide bonds. The van der Waals surface area contributed by atoms with Gasteiger partial charge in [0.2, 0.25) is 10.0 Å². The molecular weight excluding hydrogens is 434 g/mol. The van der Waals surface area contributed by atoms with Gasteiger partial charge in [-0.25, -0.2) is 13.6 Å². The summed E-state index contributed by atoms with van der Waals surface area (Å²) in [6.45, 7) is 2.29. The van der Waals surface area contributed by atoms with Crippen molar-refractivity contribution in [2.75, 3.05) is 17.6 Å². The molecule has 3 rings (SSSR count). The van der Waals surface area contributed by atoms with Gasteiger partial charge in [0.1, 0.15) is 21.5 Å². The van der Waals surface area contributed by atoms with Crippen LogP contribution < -0.4 is 21.5 Å². The van der Waals surface area contributed by atoms with Gasteiger partial charge in [-0.15, -0.1) is 11.3 Å². The zero-order valence-electron chi connectivity index (χ0n) is 16.7. The average Bonchev–Trinajstić information content (AvgIpc) is 3.04. The topological polar surface area (TPSA) is 151 Å². The number of nitriles is 1. The maximum Gasteiger partial charge on any atom is 0.263 e. The van der Waals surface area contributed by atoms with E-state index in [0.29, 0.717) is 18.0 Å². The van der Waals surface area contributed by atoms with E-state index in [1.807, 2.05) is 31.2 Å². The minimum atomic E-state index is -3.74. The number of carbonyl (C=O) groups excluding carboxylic acids is 1. The van der Waals surface area contributed by atoms with E-state index in [4.69, 9.17) is 10.9 Å². The number of primary sulfonamides is 1. The lowest BCUT2D eigenvalue weighted by Gasteiger charge is -2.06. The van der Waals surface area contributed by atoms with E-state index in [0.717, 1.165) is 28.2 Å². The number of amides is 1. The third kappa shape index (κ3) is 5.40. The van der Waals surface area contributed by atoms with Crippen LogP contribution in [0.25, 0.3) is 0 Å². The minimum Gasteiger partial charge on any atom is -0.396 e. The summed E-state index contributed by atoms with van der Waals surface area (Å²) >= 11 is 1.12. The van der Waals surface area contributed by atoms with Gasteiger partial charge in [0.05, 0.1) is 10.6 Å². The molecule has 0 atom stereocenters. The summed E-state index contributed by atoms with van der Waals surface area (Å²) in [5, 5.41) is 21.0. The lowest BCUT2D eigenvalue weighted by atomic mass is 10.1. The lowest BCUT2D eigenvalue weighted by molar-refractivity contribution is 0.0959. The first-order chi connectivity index (χ1) is 14.7. The molecule has 8 nitrogen and oxygen atoms in total. The van der Waals surface area contributed by atoms with Crippen molar-refractivity contribution in [3.63, 3.8) is 0 Å². The SMILES string of the molecule is Cc1ccc(Nc2sc(C(=O)NCCc3ccc(S(N)(=O)=O)cc3)c(N)c2C#N)cc1. The van der Waals surface area contributed by atoms with Crippen molar-refractivity contribution >= 4 is 43.6 Å². The summed E-state index contributed by atoms with van der Waals surface area (Å²) in [5.41, 5.74) is 9.16. The second-order valence-electron chi connectivity index (χ2n) is 6.85. The van der Waals surface area contributed by atoms with Crippen LogP contribution in [0.5, 0.6) is 0 Å². The highest BCUT2D eigenvalue weighted by atomic mass is 32.2. The van der Waals surface area contributed by atoms with Gasteiger partial charge in [0.25, 0.3) is 5.91 Å². The van der Waals surface area contributed by atoms with Crippen molar-refractivity contribution in [2.24, 2.45) is 5.14 Å². The molecule has 0 saturated carbocycles. The number of hydrogen-bond acceptors (Lipinski definition) is 7. The smallest absolute Gasteiger partial charge is 0.263 e. The molecule has 3 aromatic rings. The molecule has 0 aliphatic carbocycles. The third-order valence-corrected chi connectivity index (χ3v) is 6.57. The summed E-state index contributed by atoms with van der Waals surface area (Å²) in [7, 11) is -3.74. The number of hydrogen-bond donors (Lipinski definition) is 4. The minimum absolute atomic E-state index is 0.0317. The Balaban J connectivity index is 1.67. The van der Waals surface area contributed by atoms with Crippen LogP contribution in [0.15, 0.2) is 53.4 Å². The molecule has 1 heterocycles. The first-order valence-corrected chi connectivity index (χ1v) is 11.6. The van der Waals surface area contributed by atoms with E-state index in [-0.39, 0.29) is 26.9 Å². The molecule has 1 aromatic heterocycles. The van der Waals surface area contributed by atoms with Crippen LogP contribution in [-0.4, -0.2) is 20.9 Å².